The Morgan fingerprint density at radius 2 is 1.74 bits per heavy atom. The van der Waals surface area contributed by atoms with Crippen molar-refractivity contribution in [1.82, 2.24) is 10.6 Å². The number of nitrogens with one attached hydrogen (secondary N) is 2. The second-order valence-corrected chi connectivity index (χ2v) is 6.76. The van der Waals surface area contributed by atoms with Gasteiger partial charge < -0.3 is 15.4 Å². The molecule has 27 heavy (non-hydrogen) atoms. The summed E-state index contributed by atoms with van der Waals surface area (Å²) in [6.07, 6.45) is 0.293. The summed E-state index contributed by atoms with van der Waals surface area (Å²) in [5.41, 5.74) is 0.889. The minimum atomic E-state index is -0.657. The molecular weight excluding hydrogens is 344 g/mol. The van der Waals surface area contributed by atoms with Crippen LogP contribution in [0.5, 0.6) is 0 Å². The van der Waals surface area contributed by atoms with Gasteiger partial charge in [0.15, 0.2) is 0 Å². The van der Waals surface area contributed by atoms with E-state index < -0.39 is 12.0 Å². The number of rotatable bonds is 8. The van der Waals surface area contributed by atoms with Crippen LogP contribution < -0.4 is 10.6 Å². The number of methoxy groups -OCH3 is 1. The van der Waals surface area contributed by atoms with E-state index in [1.807, 2.05) is 56.3 Å². The molecule has 0 aliphatic carbocycles. The number of hydrogen-bond donors (Lipinski definition) is 2. The maximum absolute atomic E-state index is 12.4. The molecule has 6 nitrogen and oxygen atoms in total. The molecule has 0 fully saturated rings. The number of amides is 2. The van der Waals surface area contributed by atoms with E-state index in [1.165, 1.54) is 7.11 Å². The topological polar surface area (TPSA) is 84.5 Å². The van der Waals surface area contributed by atoms with Gasteiger partial charge in [-0.25, -0.2) is 0 Å². The summed E-state index contributed by atoms with van der Waals surface area (Å²) in [5, 5.41) is 7.66. The Bertz CT molecular complexity index is 817. The predicted octanol–water partition coefficient (Wildman–Crippen LogP) is 2.20. The lowest BCUT2D eigenvalue weighted by Crippen LogP contribution is -2.50. The molecule has 0 bridgehead atoms. The molecule has 0 heterocycles. The lowest BCUT2D eigenvalue weighted by molar-refractivity contribution is -0.140. The van der Waals surface area contributed by atoms with Gasteiger partial charge >= 0.3 is 5.97 Å². The van der Waals surface area contributed by atoms with Crippen LogP contribution in [-0.2, 0) is 25.5 Å². The Morgan fingerprint density at radius 3 is 2.41 bits per heavy atom. The standard InChI is InChI=1S/C21H26N2O4/c1-14(2)20(21(26)22-11-10-19(25)27-3)23-18(24)13-15-8-9-16-6-4-5-7-17(16)12-15/h4-9,12,14,20H,10-11,13H2,1-3H3,(H,22,26)(H,23,24). The minimum Gasteiger partial charge on any atom is -0.469 e. The smallest absolute Gasteiger partial charge is 0.307 e. The first-order valence-electron chi connectivity index (χ1n) is 9.02. The molecule has 1 unspecified atom stereocenters. The second-order valence-electron chi connectivity index (χ2n) is 6.76. The number of ether oxygens (including phenoxy) is 1. The maximum Gasteiger partial charge on any atom is 0.307 e. The van der Waals surface area contributed by atoms with Gasteiger partial charge in [-0.1, -0.05) is 56.3 Å². The average molecular weight is 370 g/mol. The Morgan fingerprint density at radius 1 is 1.04 bits per heavy atom. The molecule has 0 aromatic heterocycles. The van der Waals surface area contributed by atoms with Crippen LogP contribution in [0.15, 0.2) is 42.5 Å². The van der Waals surface area contributed by atoms with Gasteiger partial charge in [0.05, 0.1) is 20.0 Å². The summed E-state index contributed by atoms with van der Waals surface area (Å²) in [5.74, 6) is -0.992. The molecule has 0 saturated heterocycles. The highest BCUT2D eigenvalue weighted by molar-refractivity contribution is 5.90. The second kappa shape index (κ2) is 9.71. The molecule has 6 heteroatoms. The molecule has 2 amide bonds. The minimum absolute atomic E-state index is 0.0799. The maximum atomic E-state index is 12.4. The zero-order chi connectivity index (χ0) is 19.8. The molecule has 2 rings (SSSR count). The summed E-state index contributed by atoms with van der Waals surface area (Å²) < 4.78 is 4.54. The SMILES string of the molecule is COC(=O)CCNC(=O)C(NC(=O)Cc1ccc2ccccc2c1)C(C)C. The van der Waals surface area contributed by atoms with Gasteiger partial charge in [0.2, 0.25) is 11.8 Å². The molecular formula is C21H26N2O4. The van der Waals surface area contributed by atoms with Crippen LogP contribution in [0.2, 0.25) is 0 Å². The van der Waals surface area contributed by atoms with Gasteiger partial charge in [-0.05, 0) is 22.3 Å². The van der Waals surface area contributed by atoms with Crippen LogP contribution in [-0.4, -0.2) is 37.5 Å². The molecule has 2 aromatic rings. The molecule has 0 spiro atoms. The number of carbonyl (C=O) groups is 3. The van der Waals surface area contributed by atoms with Crippen LogP contribution in [0.4, 0.5) is 0 Å². The summed E-state index contributed by atoms with van der Waals surface area (Å²) in [7, 11) is 1.30. The predicted molar refractivity (Wildman–Crippen MR) is 104 cm³/mol. The third kappa shape index (κ3) is 6.09. The molecule has 2 N–H and O–H groups in total. The zero-order valence-corrected chi connectivity index (χ0v) is 16.0. The molecule has 1 atom stereocenters. The first-order chi connectivity index (χ1) is 12.9. The van der Waals surface area contributed by atoms with Crippen LogP contribution in [0.25, 0.3) is 10.8 Å². The lowest BCUT2D eigenvalue weighted by Gasteiger charge is -2.21. The highest BCUT2D eigenvalue weighted by atomic mass is 16.5. The van der Waals surface area contributed by atoms with Gasteiger partial charge in [0, 0.05) is 6.54 Å². The number of benzene rings is 2. The van der Waals surface area contributed by atoms with Gasteiger partial charge in [0.25, 0.3) is 0 Å². The molecule has 0 saturated carbocycles. The number of carbonyl (C=O) groups excluding carboxylic acids is 3. The van der Waals surface area contributed by atoms with Crippen LogP contribution in [0.1, 0.15) is 25.8 Å². The third-order valence-corrected chi connectivity index (χ3v) is 4.30. The Labute approximate surface area is 159 Å². The molecule has 2 aromatic carbocycles. The van der Waals surface area contributed by atoms with Crippen molar-refractivity contribution in [3.8, 4) is 0 Å². The van der Waals surface area contributed by atoms with Crippen LogP contribution in [0.3, 0.4) is 0 Å². The van der Waals surface area contributed by atoms with E-state index in [1.54, 1.807) is 0 Å². The quantitative estimate of drug-likeness (QED) is 0.698. The van der Waals surface area contributed by atoms with Crippen molar-refractivity contribution in [1.29, 1.82) is 0 Å². The number of hydrogen-bond acceptors (Lipinski definition) is 4. The van der Waals surface area contributed by atoms with Crippen molar-refractivity contribution in [2.75, 3.05) is 13.7 Å². The third-order valence-electron chi connectivity index (χ3n) is 4.30. The van der Waals surface area contributed by atoms with Crippen molar-refractivity contribution in [3.63, 3.8) is 0 Å². The highest BCUT2D eigenvalue weighted by Crippen LogP contribution is 2.16. The van der Waals surface area contributed by atoms with E-state index >= 15 is 0 Å². The van der Waals surface area contributed by atoms with Crippen LogP contribution in [0, 0.1) is 5.92 Å². The van der Waals surface area contributed by atoms with Crippen molar-refractivity contribution in [2.45, 2.75) is 32.7 Å². The van der Waals surface area contributed by atoms with Crippen LogP contribution >= 0.6 is 0 Å². The van der Waals surface area contributed by atoms with E-state index in [9.17, 15) is 14.4 Å². The lowest BCUT2D eigenvalue weighted by atomic mass is 10.0. The average Bonchev–Trinajstić information content (AvgIpc) is 2.65. The summed E-state index contributed by atoms with van der Waals surface area (Å²) in [6, 6.07) is 13.2. The highest BCUT2D eigenvalue weighted by Gasteiger charge is 2.24. The Kier molecular flexibility index (Phi) is 7.34. The monoisotopic (exact) mass is 370 g/mol. The first-order valence-corrected chi connectivity index (χ1v) is 9.02. The van der Waals surface area contributed by atoms with E-state index in [-0.39, 0.29) is 37.1 Å². The Balaban J connectivity index is 1.94. The molecule has 0 aliphatic rings. The van der Waals surface area contributed by atoms with Gasteiger partial charge in [-0.15, -0.1) is 0 Å². The van der Waals surface area contributed by atoms with Crippen molar-refractivity contribution in [2.24, 2.45) is 5.92 Å². The molecule has 0 aliphatic heterocycles. The first kappa shape index (κ1) is 20.4. The van der Waals surface area contributed by atoms with Gasteiger partial charge in [0.1, 0.15) is 6.04 Å². The summed E-state index contributed by atoms with van der Waals surface area (Å²) >= 11 is 0. The van der Waals surface area contributed by atoms with E-state index in [0.717, 1.165) is 16.3 Å². The van der Waals surface area contributed by atoms with Crippen molar-refractivity contribution in [3.05, 3.63) is 48.0 Å². The fourth-order valence-corrected chi connectivity index (χ4v) is 2.79. The fourth-order valence-electron chi connectivity index (χ4n) is 2.79. The fraction of sp³-hybridized carbons (Fsp3) is 0.381. The van der Waals surface area contributed by atoms with E-state index in [2.05, 4.69) is 15.4 Å². The summed E-state index contributed by atoms with van der Waals surface area (Å²) in [4.78, 5) is 35.9. The number of fused-ring (bicyclic) bond motifs is 1. The normalized spacial score (nSPS) is 11.9. The molecule has 144 valence electrons. The molecule has 0 radical (unpaired) electrons. The van der Waals surface area contributed by atoms with Gasteiger partial charge in [-0.2, -0.15) is 0 Å². The van der Waals surface area contributed by atoms with Crippen molar-refractivity contribution < 1.29 is 19.1 Å². The largest absolute Gasteiger partial charge is 0.469 e. The van der Waals surface area contributed by atoms with Crippen molar-refractivity contribution >= 4 is 28.6 Å². The van der Waals surface area contributed by atoms with E-state index in [4.69, 9.17) is 0 Å². The Hall–Kier alpha value is -2.89. The zero-order valence-electron chi connectivity index (χ0n) is 16.0. The number of esters is 1. The summed E-state index contributed by atoms with van der Waals surface area (Å²) in [6.45, 7) is 3.90. The van der Waals surface area contributed by atoms with Gasteiger partial charge in [-0.3, -0.25) is 14.4 Å². The van der Waals surface area contributed by atoms with E-state index in [0.29, 0.717) is 0 Å².